The van der Waals surface area contributed by atoms with E-state index >= 15 is 0 Å². The Morgan fingerprint density at radius 1 is 1.54 bits per heavy atom. The van der Waals surface area contributed by atoms with E-state index < -0.39 is 0 Å². The number of aryl methyl sites for hydroxylation is 1. The highest BCUT2D eigenvalue weighted by Gasteiger charge is 2.23. The Kier molecular flexibility index (Phi) is 2.23. The fourth-order valence-corrected chi connectivity index (χ4v) is 1.78. The first-order valence-corrected chi connectivity index (χ1v) is 4.55. The van der Waals surface area contributed by atoms with Gasteiger partial charge in [0.05, 0.1) is 6.61 Å². The molecule has 0 unspecified atom stereocenters. The monoisotopic (exact) mass is 178 g/mol. The van der Waals surface area contributed by atoms with Crippen LogP contribution in [0.15, 0.2) is 18.2 Å². The molecule has 0 aliphatic carbocycles. The summed E-state index contributed by atoms with van der Waals surface area (Å²) in [6.45, 7) is 2.75. The Bertz CT molecular complexity index is 307. The van der Waals surface area contributed by atoms with Gasteiger partial charge in [0, 0.05) is 13.5 Å². The summed E-state index contributed by atoms with van der Waals surface area (Å²) in [5.74, 6) is 1.06. The van der Waals surface area contributed by atoms with Crippen molar-refractivity contribution in [1.82, 2.24) is 0 Å². The largest absolute Gasteiger partial charge is 0.487 e. The molecule has 0 saturated carbocycles. The van der Waals surface area contributed by atoms with Crippen molar-refractivity contribution in [3.8, 4) is 5.75 Å². The average Bonchev–Trinajstić information content (AvgIpc) is 2.49. The summed E-state index contributed by atoms with van der Waals surface area (Å²) in [7, 11) is 1.71. The van der Waals surface area contributed by atoms with Crippen molar-refractivity contribution in [3.63, 3.8) is 0 Å². The standard InChI is InChI=1S/C11H14O2/c1-8-4-3-5-9-6-10(7-12-2)13-11(8)9/h3-5,10H,6-7H2,1-2H3/t10-/m1/s1. The van der Waals surface area contributed by atoms with Gasteiger partial charge >= 0.3 is 0 Å². The van der Waals surface area contributed by atoms with Crippen LogP contribution in [0.4, 0.5) is 0 Å². The van der Waals surface area contributed by atoms with Crippen molar-refractivity contribution < 1.29 is 9.47 Å². The van der Waals surface area contributed by atoms with E-state index in [1.54, 1.807) is 7.11 Å². The van der Waals surface area contributed by atoms with Crippen LogP contribution in [0.25, 0.3) is 0 Å². The first kappa shape index (κ1) is 8.57. The van der Waals surface area contributed by atoms with Crippen molar-refractivity contribution >= 4 is 0 Å². The zero-order chi connectivity index (χ0) is 9.26. The molecule has 1 aliphatic heterocycles. The predicted molar refractivity (Wildman–Crippen MR) is 51.2 cm³/mol. The minimum absolute atomic E-state index is 0.209. The summed E-state index contributed by atoms with van der Waals surface area (Å²) in [5, 5.41) is 0. The van der Waals surface area contributed by atoms with Gasteiger partial charge in [-0.1, -0.05) is 18.2 Å². The maximum Gasteiger partial charge on any atom is 0.126 e. The molecule has 1 aliphatic rings. The van der Waals surface area contributed by atoms with Crippen molar-refractivity contribution in [1.29, 1.82) is 0 Å². The van der Waals surface area contributed by atoms with Gasteiger partial charge in [0.25, 0.3) is 0 Å². The quantitative estimate of drug-likeness (QED) is 0.689. The average molecular weight is 178 g/mol. The van der Waals surface area contributed by atoms with Crippen molar-refractivity contribution in [2.45, 2.75) is 19.4 Å². The third kappa shape index (κ3) is 1.54. The fraction of sp³-hybridized carbons (Fsp3) is 0.455. The van der Waals surface area contributed by atoms with E-state index in [2.05, 4.69) is 25.1 Å². The van der Waals surface area contributed by atoms with Gasteiger partial charge in [0.15, 0.2) is 0 Å². The van der Waals surface area contributed by atoms with Crippen LogP contribution in [0.1, 0.15) is 11.1 Å². The highest BCUT2D eigenvalue weighted by atomic mass is 16.5. The Labute approximate surface area is 78.5 Å². The number of benzene rings is 1. The van der Waals surface area contributed by atoms with Crippen LogP contribution in [0.5, 0.6) is 5.75 Å². The molecule has 1 aromatic carbocycles. The van der Waals surface area contributed by atoms with Gasteiger partial charge in [-0.15, -0.1) is 0 Å². The molecule has 0 amide bonds. The lowest BCUT2D eigenvalue weighted by Gasteiger charge is -2.09. The fourth-order valence-electron chi connectivity index (χ4n) is 1.78. The van der Waals surface area contributed by atoms with Crippen LogP contribution >= 0.6 is 0 Å². The van der Waals surface area contributed by atoms with Gasteiger partial charge in [-0.2, -0.15) is 0 Å². The van der Waals surface area contributed by atoms with E-state index in [4.69, 9.17) is 9.47 Å². The van der Waals surface area contributed by atoms with Gasteiger partial charge in [0.2, 0.25) is 0 Å². The number of rotatable bonds is 2. The van der Waals surface area contributed by atoms with Crippen LogP contribution in [0.2, 0.25) is 0 Å². The molecule has 2 heteroatoms. The van der Waals surface area contributed by atoms with Crippen molar-refractivity contribution in [2.75, 3.05) is 13.7 Å². The summed E-state index contributed by atoms with van der Waals surface area (Å²) in [6, 6.07) is 6.28. The van der Waals surface area contributed by atoms with Crippen molar-refractivity contribution in [3.05, 3.63) is 29.3 Å². The van der Waals surface area contributed by atoms with Crippen LogP contribution in [0, 0.1) is 6.92 Å². The summed E-state index contributed by atoms with van der Waals surface area (Å²) < 4.78 is 10.8. The van der Waals surface area contributed by atoms with Gasteiger partial charge < -0.3 is 9.47 Å². The summed E-state index contributed by atoms with van der Waals surface area (Å²) in [5.41, 5.74) is 2.53. The van der Waals surface area contributed by atoms with E-state index in [0.29, 0.717) is 6.61 Å². The van der Waals surface area contributed by atoms with E-state index in [-0.39, 0.29) is 6.10 Å². The molecule has 0 aromatic heterocycles. The molecule has 0 bridgehead atoms. The molecule has 1 aromatic rings. The highest BCUT2D eigenvalue weighted by Crippen LogP contribution is 2.31. The van der Waals surface area contributed by atoms with E-state index in [1.807, 2.05) is 0 Å². The number of hydrogen-bond acceptors (Lipinski definition) is 2. The van der Waals surface area contributed by atoms with Gasteiger partial charge in [0.1, 0.15) is 11.9 Å². The lowest BCUT2D eigenvalue weighted by atomic mass is 10.1. The summed E-state index contributed by atoms with van der Waals surface area (Å²) >= 11 is 0. The Hall–Kier alpha value is -1.02. The number of ether oxygens (including phenoxy) is 2. The molecule has 0 fully saturated rings. The molecule has 13 heavy (non-hydrogen) atoms. The lowest BCUT2D eigenvalue weighted by molar-refractivity contribution is 0.0948. The summed E-state index contributed by atoms with van der Waals surface area (Å²) in [6.07, 6.45) is 1.19. The Morgan fingerprint density at radius 2 is 2.38 bits per heavy atom. The van der Waals surface area contributed by atoms with Crippen LogP contribution < -0.4 is 4.74 Å². The lowest BCUT2D eigenvalue weighted by Crippen LogP contribution is -2.19. The topological polar surface area (TPSA) is 18.5 Å². The van der Waals surface area contributed by atoms with Gasteiger partial charge in [-0.25, -0.2) is 0 Å². The molecular formula is C11H14O2. The van der Waals surface area contributed by atoms with Crippen LogP contribution in [0.3, 0.4) is 0 Å². The molecule has 1 atom stereocenters. The van der Waals surface area contributed by atoms with Crippen molar-refractivity contribution in [2.24, 2.45) is 0 Å². The minimum atomic E-state index is 0.209. The molecule has 70 valence electrons. The second-order valence-corrected chi connectivity index (χ2v) is 3.46. The molecule has 2 nitrogen and oxygen atoms in total. The number of para-hydroxylation sites is 1. The van der Waals surface area contributed by atoms with Gasteiger partial charge in [-0.3, -0.25) is 0 Å². The normalized spacial score (nSPS) is 19.7. The molecule has 0 N–H and O–H groups in total. The maximum atomic E-state index is 5.75. The van der Waals surface area contributed by atoms with E-state index in [1.165, 1.54) is 11.1 Å². The predicted octanol–water partition coefficient (Wildman–Crippen LogP) is 1.94. The zero-order valence-corrected chi connectivity index (χ0v) is 8.04. The SMILES string of the molecule is COC[C@H]1Cc2cccc(C)c2O1. The first-order chi connectivity index (χ1) is 6.31. The smallest absolute Gasteiger partial charge is 0.126 e. The van der Waals surface area contributed by atoms with Crippen LogP contribution in [-0.2, 0) is 11.2 Å². The van der Waals surface area contributed by atoms with E-state index in [0.717, 1.165) is 12.2 Å². The van der Waals surface area contributed by atoms with Gasteiger partial charge in [-0.05, 0) is 18.1 Å². The Balaban J connectivity index is 2.20. The summed E-state index contributed by atoms with van der Waals surface area (Å²) in [4.78, 5) is 0. The molecule has 2 rings (SSSR count). The molecule has 1 heterocycles. The highest BCUT2D eigenvalue weighted by molar-refractivity contribution is 5.43. The number of hydrogen-bond donors (Lipinski definition) is 0. The zero-order valence-electron chi connectivity index (χ0n) is 8.04. The minimum Gasteiger partial charge on any atom is -0.487 e. The molecule has 0 saturated heterocycles. The second kappa shape index (κ2) is 3.38. The third-order valence-electron chi connectivity index (χ3n) is 2.38. The van der Waals surface area contributed by atoms with Crippen LogP contribution in [-0.4, -0.2) is 19.8 Å². The Morgan fingerprint density at radius 3 is 3.08 bits per heavy atom. The molecule has 0 spiro atoms. The number of fused-ring (bicyclic) bond motifs is 1. The second-order valence-electron chi connectivity index (χ2n) is 3.46. The number of methoxy groups -OCH3 is 1. The molecular weight excluding hydrogens is 164 g/mol. The third-order valence-corrected chi connectivity index (χ3v) is 2.38. The maximum absolute atomic E-state index is 5.75. The molecule has 0 radical (unpaired) electrons. The first-order valence-electron chi connectivity index (χ1n) is 4.55. The van der Waals surface area contributed by atoms with E-state index in [9.17, 15) is 0 Å².